The first-order valence-electron chi connectivity index (χ1n) is 6.03. The molecular formula is C14H15BrN4. The predicted molar refractivity (Wildman–Crippen MR) is 82.0 cm³/mol. The number of anilines is 1. The molecule has 0 amide bonds. The summed E-state index contributed by atoms with van der Waals surface area (Å²) in [6, 6.07) is 8.21. The van der Waals surface area contributed by atoms with Crippen LogP contribution < -0.4 is 5.73 Å². The van der Waals surface area contributed by atoms with Gasteiger partial charge in [0.1, 0.15) is 5.82 Å². The summed E-state index contributed by atoms with van der Waals surface area (Å²) in [5.74, 6) is 0.670. The number of nitrogen functional groups attached to an aromatic ring is 1. The molecule has 2 N–H and O–H groups in total. The van der Waals surface area contributed by atoms with Crippen LogP contribution in [0, 0.1) is 6.92 Å². The van der Waals surface area contributed by atoms with Gasteiger partial charge in [-0.25, -0.2) is 0 Å². The molecule has 1 aromatic carbocycles. The van der Waals surface area contributed by atoms with Gasteiger partial charge < -0.3 is 10.3 Å². The molecule has 19 heavy (non-hydrogen) atoms. The minimum atomic E-state index is 0.670. The topological polar surface area (TPSA) is 48.8 Å². The Hall–Kier alpha value is -1.75. The molecule has 0 saturated heterocycles. The van der Waals surface area contributed by atoms with Crippen LogP contribution >= 0.6 is 15.9 Å². The lowest BCUT2D eigenvalue weighted by atomic mass is 10.1. The number of nitrogens with zero attached hydrogens (tertiary/aromatic N) is 3. The van der Waals surface area contributed by atoms with Gasteiger partial charge in [0.2, 0.25) is 0 Å². The predicted octanol–water partition coefficient (Wildman–Crippen LogP) is 3.23. The van der Waals surface area contributed by atoms with Gasteiger partial charge in [-0.15, -0.1) is 0 Å². The second kappa shape index (κ2) is 4.13. The lowest BCUT2D eigenvalue weighted by Crippen LogP contribution is -1.96. The Morgan fingerprint density at radius 1 is 1.21 bits per heavy atom. The van der Waals surface area contributed by atoms with Crippen molar-refractivity contribution in [3.63, 3.8) is 0 Å². The highest BCUT2D eigenvalue weighted by molar-refractivity contribution is 9.10. The number of halogens is 1. The van der Waals surface area contributed by atoms with Crippen LogP contribution in [-0.2, 0) is 14.1 Å². The number of fused-ring (bicyclic) bond motifs is 1. The van der Waals surface area contributed by atoms with Gasteiger partial charge in [0.25, 0.3) is 0 Å². The minimum absolute atomic E-state index is 0.670. The van der Waals surface area contributed by atoms with E-state index in [9.17, 15) is 0 Å². The number of aryl methyl sites for hydroxylation is 2. The van der Waals surface area contributed by atoms with E-state index in [0.717, 1.165) is 15.7 Å². The van der Waals surface area contributed by atoms with Gasteiger partial charge in [-0.3, -0.25) is 4.68 Å². The second-order valence-corrected chi connectivity index (χ2v) is 5.67. The van der Waals surface area contributed by atoms with E-state index in [1.807, 2.05) is 13.1 Å². The number of hydrogen-bond acceptors (Lipinski definition) is 2. The maximum absolute atomic E-state index is 5.89. The normalized spacial score (nSPS) is 11.4. The first kappa shape index (κ1) is 12.3. The first-order valence-corrected chi connectivity index (χ1v) is 6.82. The zero-order valence-corrected chi connectivity index (χ0v) is 12.7. The largest absolute Gasteiger partial charge is 0.384 e. The van der Waals surface area contributed by atoms with Crippen molar-refractivity contribution < 1.29 is 0 Å². The van der Waals surface area contributed by atoms with Crippen molar-refractivity contribution >= 4 is 32.7 Å². The Labute approximate surface area is 119 Å². The van der Waals surface area contributed by atoms with E-state index in [4.69, 9.17) is 5.73 Å². The highest BCUT2D eigenvalue weighted by Gasteiger charge is 2.16. The van der Waals surface area contributed by atoms with E-state index in [2.05, 4.69) is 57.8 Å². The van der Waals surface area contributed by atoms with Gasteiger partial charge in [0.05, 0.1) is 5.69 Å². The van der Waals surface area contributed by atoms with Crippen LogP contribution in [0.3, 0.4) is 0 Å². The van der Waals surface area contributed by atoms with Crippen molar-refractivity contribution in [1.29, 1.82) is 0 Å². The van der Waals surface area contributed by atoms with Crippen LogP contribution in [0.5, 0.6) is 0 Å². The molecule has 0 spiro atoms. The van der Waals surface area contributed by atoms with Crippen molar-refractivity contribution in [2.45, 2.75) is 6.92 Å². The molecule has 2 aromatic heterocycles. The molecule has 3 rings (SSSR count). The minimum Gasteiger partial charge on any atom is -0.384 e. The van der Waals surface area contributed by atoms with Gasteiger partial charge in [-0.1, -0.05) is 22.0 Å². The molecule has 0 aliphatic heterocycles. The van der Waals surface area contributed by atoms with Crippen molar-refractivity contribution in [3.05, 3.63) is 34.4 Å². The van der Waals surface area contributed by atoms with Crippen LogP contribution in [0.15, 0.2) is 28.7 Å². The fourth-order valence-electron chi connectivity index (χ4n) is 2.46. The molecule has 0 unspecified atom stereocenters. The van der Waals surface area contributed by atoms with Gasteiger partial charge >= 0.3 is 0 Å². The zero-order chi connectivity index (χ0) is 13.7. The molecule has 0 atom stereocenters. The third kappa shape index (κ3) is 1.76. The second-order valence-electron chi connectivity index (χ2n) is 4.76. The summed E-state index contributed by atoms with van der Waals surface area (Å²) in [6.45, 7) is 2.11. The van der Waals surface area contributed by atoms with Crippen LogP contribution in [0.4, 0.5) is 5.82 Å². The van der Waals surface area contributed by atoms with E-state index in [0.29, 0.717) is 5.82 Å². The Morgan fingerprint density at radius 2 is 1.95 bits per heavy atom. The van der Waals surface area contributed by atoms with E-state index in [1.54, 1.807) is 4.68 Å². The van der Waals surface area contributed by atoms with Crippen LogP contribution in [-0.4, -0.2) is 14.3 Å². The molecule has 2 heterocycles. The van der Waals surface area contributed by atoms with Gasteiger partial charge in [0.15, 0.2) is 0 Å². The third-order valence-electron chi connectivity index (χ3n) is 3.63. The number of aromatic nitrogens is 3. The summed E-state index contributed by atoms with van der Waals surface area (Å²) in [4.78, 5) is 0. The molecule has 98 valence electrons. The Kier molecular flexibility index (Phi) is 2.67. The molecule has 0 radical (unpaired) electrons. The summed E-state index contributed by atoms with van der Waals surface area (Å²) in [6.07, 6.45) is 0. The van der Waals surface area contributed by atoms with Gasteiger partial charge in [-0.2, -0.15) is 5.10 Å². The number of rotatable bonds is 1. The number of nitrogens with two attached hydrogens (primary N) is 1. The average molecular weight is 319 g/mol. The van der Waals surface area contributed by atoms with Crippen LogP contribution in [0.2, 0.25) is 0 Å². The van der Waals surface area contributed by atoms with Crippen molar-refractivity contribution in [2.75, 3.05) is 5.73 Å². The quantitative estimate of drug-likeness (QED) is 0.748. The summed E-state index contributed by atoms with van der Waals surface area (Å²) < 4.78 is 4.96. The molecule has 0 bridgehead atoms. The SMILES string of the molecule is Cc1c(-c2cc(N)n(C)n2)c2ccc(Br)cc2n1C. The summed E-state index contributed by atoms with van der Waals surface area (Å²) in [7, 11) is 3.93. The number of benzene rings is 1. The van der Waals surface area contributed by atoms with Crippen LogP contribution in [0.25, 0.3) is 22.2 Å². The molecule has 0 aliphatic rings. The fourth-order valence-corrected chi connectivity index (χ4v) is 2.81. The van der Waals surface area contributed by atoms with E-state index in [-0.39, 0.29) is 0 Å². The Bertz CT molecular complexity index is 763. The van der Waals surface area contributed by atoms with Crippen molar-refractivity contribution in [3.8, 4) is 11.3 Å². The van der Waals surface area contributed by atoms with Crippen molar-refractivity contribution in [2.24, 2.45) is 14.1 Å². The Morgan fingerprint density at radius 3 is 2.58 bits per heavy atom. The fraction of sp³-hybridized carbons (Fsp3) is 0.214. The highest BCUT2D eigenvalue weighted by atomic mass is 79.9. The lowest BCUT2D eigenvalue weighted by molar-refractivity contribution is 0.782. The monoisotopic (exact) mass is 318 g/mol. The summed E-state index contributed by atoms with van der Waals surface area (Å²) in [5.41, 5.74) is 10.3. The van der Waals surface area contributed by atoms with E-state index >= 15 is 0 Å². The summed E-state index contributed by atoms with van der Waals surface area (Å²) in [5, 5.41) is 5.69. The third-order valence-corrected chi connectivity index (χ3v) is 4.12. The van der Waals surface area contributed by atoms with E-state index < -0.39 is 0 Å². The first-order chi connectivity index (χ1) is 8.99. The molecule has 4 nitrogen and oxygen atoms in total. The lowest BCUT2D eigenvalue weighted by Gasteiger charge is -1.98. The molecule has 0 aliphatic carbocycles. The van der Waals surface area contributed by atoms with Gasteiger partial charge in [-0.05, 0) is 19.1 Å². The molecule has 5 heteroatoms. The van der Waals surface area contributed by atoms with Crippen LogP contribution in [0.1, 0.15) is 5.69 Å². The van der Waals surface area contributed by atoms with Gasteiger partial charge in [0, 0.05) is 46.8 Å². The molecule has 0 fully saturated rings. The zero-order valence-electron chi connectivity index (χ0n) is 11.1. The maximum Gasteiger partial charge on any atom is 0.121 e. The smallest absolute Gasteiger partial charge is 0.121 e. The molecular weight excluding hydrogens is 304 g/mol. The van der Waals surface area contributed by atoms with Crippen molar-refractivity contribution in [1.82, 2.24) is 14.3 Å². The highest BCUT2D eigenvalue weighted by Crippen LogP contribution is 2.35. The standard InChI is InChI=1S/C14H15BrN4/c1-8-14(11-7-13(16)19(3)17-11)10-5-4-9(15)6-12(10)18(8)2/h4-7H,16H2,1-3H3. The average Bonchev–Trinajstić information content (AvgIpc) is 2.81. The Balaban J connectivity index is 2.38. The summed E-state index contributed by atoms with van der Waals surface area (Å²) >= 11 is 3.52. The van der Waals surface area contributed by atoms with E-state index in [1.165, 1.54) is 16.6 Å². The number of hydrogen-bond donors (Lipinski definition) is 1. The maximum atomic E-state index is 5.89. The molecule has 0 saturated carbocycles. The molecule has 3 aromatic rings.